The minimum atomic E-state index is -0.700. The van der Waals surface area contributed by atoms with Gasteiger partial charge in [0.15, 0.2) is 0 Å². The molecule has 2 atom stereocenters. The molecule has 0 bridgehead atoms. The van der Waals surface area contributed by atoms with Gasteiger partial charge in [0.2, 0.25) is 5.91 Å². The van der Waals surface area contributed by atoms with Crippen molar-refractivity contribution in [2.45, 2.75) is 321 Å². The zero-order valence-electron chi connectivity index (χ0n) is 44.2. The molecule has 388 valence electrons. The van der Waals surface area contributed by atoms with Crippen molar-refractivity contribution in [1.82, 2.24) is 5.32 Å². The number of aliphatic hydroxyl groups excluding tert-OH is 2. The molecule has 0 aromatic heterocycles. The van der Waals surface area contributed by atoms with Gasteiger partial charge in [-0.3, -0.25) is 9.59 Å². The Balaban J connectivity index is 3.54. The molecule has 0 aromatic carbocycles. The quantitative estimate of drug-likeness (QED) is 0.0321. The third-order valence-corrected chi connectivity index (χ3v) is 13.4. The van der Waals surface area contributed by atoms with Crippen molar-refractivity contribution in [3.8, 4) is 0 Å². The molecular weight excluding hydrogens is 815 g/mol. The van der Waals surface area contributed by atoms with Crippen molar-refractivity contribution >= 4 is 11.9 Å². The van der Waals surface area contributed by atoms with Crippen molar-refractivity contribution in [1.29, 1.82) is 0 Å². The predicted octanol–water partition coefficient (Wildman–Crippen LogP) is 18.0. The van der Waals surface area contributed by atoms with Crippen LogP contribution in [-0.4, -0.2) is 47.4 Å². The van der Waals surface area contributed by atoms with Crippen LogP contribution >= 0.6 is 0 Å². The summed E-state index contributed by atoms with van der Waals surface area (Å²) in [4.78, 5) is 24.5. The number of amides is 1. The van der Waals surface area contributed by atoms with E-state index in [4.69, 9.17) is 4.74 Å². The summed E-state index contributed by atoms with van der Waals surface area (Å²) in [7, 11) is 0. The average molecular weight is 929 g/mol. The highest BCUT2D eigenvalue weighted by atomic mass is 16.5. The maximum atomic E-state index is 12.5. The lowest BCUT2D eigenvalue weighted by atomic mass is 10.0. The standard InChI is InChI=1S/C60H113NO5/c1-3-5-7-9-11-13-15-17-19-21-22-23-24-25-28-32-36-40-44-48-52-58(63)57(56-62)61-59(64)53-49-45-41-37-33-29-27-31-35-39-43-47-51-55-66-60(65)54-50-46-42-38-34-30-26-20-18-16-14-12-10-8-6-4-2/h20,26,29,33,41,45,57-58,62-63H,3-19,21-25,27-28,30-32,34-40,42-44,46-56H2,1-2H3,(H,61,64)/b26-20-,33-29-,45-41-. The maximum Gasteiger partial charge on any atom is 0.305 e. The third-order valence-electron chi connectivity index (χ3n) is 13.4. The summed E-state index contributed by atoms with van der Waals surface area (Å²) >= 11 is 0. The number of allylic oxidation sites excluding steroid dienone is 6. The average Bonchev–Trinajstić information content (AvgIpc) is 3.32. The van der Waals surface area contributed by atoms with Crippen LogP contribution in [0.3, 0.4) is 0 Å². The Kier molecular flexibility index (Phi) is 54.1. The molecule has 6 nitrogen and oxygen atoms in total. The van der Waals surface area contributed by atoms with Gasteiger partial charge in [-0.1, -0.05) is 262 Å². The number of hydrogen-bond donors (Lipinski definition) is 3. The summed E-state index contributed by atoms with van der Waals surface area (Å²) in [6.07, 6.45) is 68.6. The molecule has 2 unspecified atom stereocenters. The summed E-state index contributed by atoms with van der Waals surface area (Å²) < 4.78 is 5.46. The first-order valence-corrected chi connectivity index (χ1v) is 29.2. The Morgan fingerprint density at radius 2 is 0.773 bits per heavy atom. The molecule has 0 radical (unpaired) electrons. The van der Waals surface area contributed by atoms with Crippen molar-refractivity contribution in [3.63, 3.8) is 0 Å². The van der Waals surface area contributed by atoms with E-state index in [2.05, 4.69) is 49.5 Å². The first kappa shape index (κ1) is 64.1. The van der Waals surface area contributed by atoms with Gasteiger partial charge in [-0.25, -0.2) is 0 Å². The van der Waals surface area contributed by atoms with Crippen LogP contribution in [0.25, 0.3) is 0 Å². The van der Waals surface area contributed by atoms with Crippen LogP contribution in [0.5, 0.6) is 0 Å². The number of unbranched alkanes of at least 4 members (excludes halogenated alkanes) is 37. The van der Waals surface area contributed by atoms with E-state index >= 15 is 0 Å². The fourth-order valence-electron chi connectivity index (χ4n) is 8.92. The third kappa shape index (κ3) is 51.5. The minimum Gasteiger partial charge on any atom is -0.466 e. The van der Waals surface area contributed by atoms with Gasteiger partial charge in [-0.05, 0) is 70.6 Å². The molecule has 66 heavy (non-hydrogen) atoms. The van der Waals surface area contributed by atoms with Crippen molar-refractivity contribution in [2.24, 2.45) is 0 Å². The highest BCUT2D eigenvalue weighted by molar-refractivity contribution is 5.76. The van der Waals surface area contributed by atoms with Crippen LogP contribution in [-0.2, 0) is 14.3 Å². The summed E-state index contributed by atoms with van der Waals surface area (Å²) in [5, 5.41) is 23.2. The number of carbonyl (C=O) groups excluding carboxylic acids is 2. The van der Waals surface area contributed by atoms with Crippen LogP contribution < -0.4 is 5.32 Å². The molecule has 1 amide bonds. The molecular formula is C60H113NO5. The van der Waals surface area contributed by atoms with E-state index in [0.717, 1.165) is 51.4 Å². The molecule has 0 fully saturated rings. The van der Waals surface area contributed by atoms with Crippen molar-refractivity contribution in [3.05, 3.63) is 36.5 Å². The van der Waals surface area contributed by atoms with Gasteiger partial charge in [-0.2, -0.15) is 0 Å². The maximum absolute atomic E-state index is 12.5. The number of rotatable bonds is 54. The van der Waals surface area contributed by atoms with Crippen LogP contribution in [0.2, 0.25) is 0 Å². The Labute approximate surface area is 411 Å². The summed E-state index contributed by atoms with van der Waals surface area (Å²) in [5.74, 6) is -0.138. The first-order valence-electron chi connectivity index (χ1n) is 29.2. The summed E-state index contributed by atoms with van der Waals surface area (Å²) in [5.41, 5.74) is 0. The molecule has 6 heteroatoms. The molecule has 0 aliphatic heterocycles. The summed E-state index contributed by atoms with van der Waals surface area (Å²) in [6, 6.07) is -0.587. The van der Waals surface area contributed by atoms with Gasteiger partial charge in [0, 0.05) is 12.8 Å². The molecule has 0 rings (SSSR count). The number of carbonyl (C=O) groups is 2. The monoisotopic (exact) mass is 928 g/mol. The van der Waals surface area contributed by atoms with Gasteiger partial charge in [0.05, 0.1) is 25.4 Å². The van der Waals surface area contributed by atoms with E-state index in [1.54, 1.807) is 0 Å². The van der Waals surface area contributed by atoms with E-state index in [9.17, 15) is 19.8 Å². The van der Waals surface area contributed by atoms with Crippen LogP contribution in [0.1, 0.15) is 309 Å². The van der Waals surface area contributed by atoms with Crippen LogP contribution in [0, 0.1) is 0 Å². The van der Waals surface area contributed by atoms with Crippen LogP contribution in [0.4, 0.5) is 0 Å². The minimum absolute atomic E-state index is 0.0241. The molecule has 3 N–H and O–H groups in total. The number of esters is 1. The number of ether oxygens (including phenoxy) is 1. The lowest BCUT2D eigenvalue weighted by Crippen LogP contribution is -2.45. The summed E-state index contributed by atoms with van der Waals surface area (Å²) in [6.45, 7) is 4.90. The topological polar surface area (TPSA) is 95.9 Å². The van der Waals surface area contributed by atoms with Gasteiger partial charge in [0.1, 0.15) is 0 Å². The van der Waals surface area contributed by atoms with E-state index in [1.807, 2.05) is 6.08 Å². The molecule has 0 spiro atoms. The van der Waals surface area contributed by atoms with Gasteiger partial charge in [0.25, 0.3) is 0 Å². The Bertz CT molecular complexity index is 1070. The second-order valence-electron chi connectivity index (χ2n) is 20.0. The van der Waals surface area contributed by atoms with Gasteiger partial charge < -0.3 is 20.3 Å². The molecule has 0 aliphatic rings. The van der Waals surface area contributed by atoms with Gasteiger partial charge in [-0.15, -0.1) is 0 Å². The zero-order chi connectivity index (χ0) is 47.9. The fraction of sp³-hybridized carbons (Fsp3) is 0.867. The molecule has 0 aromatic rings. The SMILES string of the molecule is CCCCCCCCC/C=C\CCCCCCCC(=O)OCCCCCCCC/C=C\C/C=C\CCC(=O)NC(CO)C(O)CCCCCCCCCCCCCCCCCCCCCC. The smallest absolute Gasteiger partial charge is 0.305 e. The molecule has 0 aliphatic carbocycles. The highest BCUT2D eigenvalue weighted by Crippen LogP contribution is 2.17. The molecule has 0 heterocycles. The Morgan fingerprint density at radius 1 is 0.424 bits per heavy atom. The van der Waals surface area contributed by atoms with E-state index in [-0.39, 0.29) is 18.5 Å². The number of hydrogen-bond acceptors (Lipinski definition) is 5. The van der Waals surface area contributed by atoms with Crippen molar-refractivity contribution in [2.75, 3.05) is 13.2 Å². The Morgan fingerprint density at radius 3 is 1.20 bits per heavy atom. The van der Waals surface area contributed by atoms with Crippen LogP contribution in [0.15, 0.2) is 36.5 Å². The lowest BCUT2D eigenvalue weighted by Gasteiger charge is -2.22. The van der Waals surface area contributed by atoms with E-state index in [0.29, 0.717) is 32.3 Å². The van der Waals surface area contributed by atoms with E-state index < -0.39 is 12.1 Å². The fourth-order valence-corrected chi connectivity index (χ4v) is 8.92. The molecule has 0 saturated carbocycles. The zero-order valence-corrected chi connectivity index (χ0v) is 44.2. The first-order chi connectivity index (χ1) is 32.5. The molecule has 0 saturated heterocycles. The lowest BCUT2D eigenvalue weighted by molar-refractivity contribution is -0.143. The van der Waals surface area contributed by atoms with Gasteiger partial charge >= 0.3 is 5.97 Å². The Hall–Kier alpha value is -1.92. The number of aliphatic hydroxyl groups is 2. The second-order valence-corrected chi connectivity index (χ2v) is 20.0. The van der Waals surface area contributed by atoms with E-state index in [1.165, 1.54) is 218 Å². The second kappa shape index (κ2) is 55.7. The predicted molar refractivity (Wildman–Crippen MR) is 287 cm³/mol. The number of nitrogens with one attached hydrogen (secondary N) is 1. The van der Waals surface area contributed by atoms with Crippen molar-refractivity contribution < 1.29 is 24.5 Å². The normalized spacial score (nSPS) is 12.8. The largest absolute Gasteiger partial charge is 0.466 e. The highest BCUT2D eigenvalue weighted by Gasteiger charge is 2.19.